The molecule has 1 fully saturated rings. The number of nitrogens with zero attached hydrogens (tertiary/aromatic N) is 3. The SMILES string of the molecule is CCC(C#N)(CC)C(=O)N1CCCN(C)CC1. The van der Waals surface area contributed by atoms with Crippen molar-refractivity contribution in [2.75, 3.05) is 33.2 Å². The molecule has 0 spiro atoms. The molecule has 4 heteroatoms. The molecule has 96 valence electrons. The van der Waals surface area contributed by atoms with Crippen LogP contribution in [0.3, 0.4) is 0 Å². The number of rotatable bonds is 3. The minimum absolute atomic E-state index is 0.0281. The fourth-order valence-electron chi connectivity index (χ4n) is 2.31. The van der Waals surface area contributed by atoms with E-state index >= 15 is 0 Å². The van der Waals surface area contributed by atoms with Crippen LogP contribution in [0.25, 0.3) is 0 Å². The van der Waals surface area contributed by atoms with E-state index in [9.17, 15) is 10.1 Å². The third-order valence-corrected chi connectivity index (χ3v) is 3.84. The molecule has 0 aliphatic carbocycles. The monoisotopic (exact) mass is 237 g/mol. The summed E-state index contributed by atoms with van der Waals surface area (Å²) in [5.41, 5.74) is -0.803. The summed E-state index contributed by atoms with van der Waals surface area (Å²) < 4.78 is 0. The molecule has 0 aromatic carbocycles. The van der Waals surface area contributed by atoms with Crippen molar-refractivity contribution in [1.82, 2.24) is 9.80 Å². The van der Waals surface area contributed by atoms with Crippen molar-refractivity contribution in [3.63, 3.8) is 0 Å². The van der Waals surface area contributed by atoms with Gasteiger partial charge in [0.15, 0.2) is 0 Å². The van der Waals surface area contributed by atoms with Crippen LogP contribution in [0, 0.1) is 16.7 Å². The zero-order chi connectivity index (χ0) is 12.9. The van der Waals surface area contributed by atoms with Crippen molar-refractivity contribution >= 4 is 5.91 Å². The third kappa shape index (κ3) is 2.98. The van der Waals surface area contributed by atoms with Gasteiger partial charge in [0.2, 0.25) is 5.91 Å². The summed E-state index contributed by atoms with van der Waals surface area (Å²) in [7, 11) is 2.07. The second kappa shape index (κ2) is 6.02. The molecule has 1 amide bonds. The maximum Gasteiger partial charge on any atom is 0.243 e. The standard InChI is InChI=1S/C13H23N3O/c1-4-13(5-2,11-14)12(17)16-8-6-7-15(3)9-10-16/h4-10H2,1-3H3. The van der Waals surface area contributed by atoms with E-state index in [4.69, 9.17) is 0 Å². The van der Waals surface area contributed by atoms with E-state index in [0.29, 0.717) is 12.8 Å². The zero-order valence-corrected chi connectivity index (χ0v) is 11.2. The van der Waals surface area contributed by atoms with E-state index in [1.807, 2.05) is 18.7 Å². The predicted octanol–water partition coefficient (Wildman–Crippen LogP) is 1.48. The van der Waals surface area contributed by atoms with E-state index in [2.05, 4.69) is 18.0 Å². The highest BCUT2D eigenvalue weighted by Gasteiger charge is 2.38. The summed E-state index contributed by atoms with van der Waals surface area (Å²) >= 11 is 0. The van der Waals surface area contributed by atoms with Crippen LogP contribution >= 0.6 is 0 Å². The van der Waals surface area contributed by atoms with Crippen LogP contribution in [0.2, 0.25) is 0 Å². The zero-order valence-electron chi connectivity index (χ0n) is 11.2. The smallest absolute Gasteiger partial charge is 0.243 e. The Kier molecular flexibility index (Phi) is 4.95. The van der Waals surface area contributed by atoms with E-state index in [-0.39, 0.29) is 5.91 Å². The highest BCUT2D eigenvalue weighted by molar-refractivity contribution is 5.85. The molecule has 0 unspecified atom stereocenters. The highest BCUT2D eigenvalue weighted by Crippen LogP contribution is 2.28. The normalized spacial score (nSPS) is 18.6. The van der Waals surface area contributed by atoms with Gasteiger partial charge in [-0.25, -0.2) is 0 Å². The topological polar surface area (TPSA) is 47.3 Å². The largest absolute Gasteiger partial charge is 0.340 e. The van der Waals surface area contributed by atoms with Gasteiger partial charge >= 0.3 is 0 Å². The van der Waals surface area contributed by atoms with E-state index in [1.165, 1.54) is 0 Å². The molecule has 0 atom stereocenters. The van der Waals surface area contributed by atoms with Gasteiger partial charge in [0.1, 0.15) is 5.41 Å². The highest BCUT2D eigenvalue weighted by atomic mass is 16.2. The first-order valence-electron chi connectivity index (χ1n) is 6.48. The molecule has 17 heavy (non-hydrogen) atoms. The molecule has 0 aromatic rings. The number of likely N-dealkylation sites (N-methyl/N-ethyl adjacent to an activating group) is 1. The maximum atomic E-state index is 12.5. The Morgan fingerprint density at radius 2 is 1.88 bits per heavy atom. The molecule has 1 aliphatic heterocycles. The summed E-state index contributed by atoms with van der Waals surface area (Å²) in [6, 6.07) is 2.24. The summed E-state index contributed by atoms with van der Waals surface area (Å²) in [6.45, 7) is 7.32. The van der Waals surface area contributed by atoms with Crippen LogP contribution in [0.15, 0.2) is 0 Å². The number of nitriles is 1. The molecule has 0 bridgehead atoms. The third-order valence-electron chi connectivity index (χ3n) is 3.84. The molecular formula is C13H23N3O. The molecule has 0 radical (unpaired) electrons. The number of amides is 1. The van der Waals surface area contributed by atoms with Gasteiger partial charge in [-0.05, 0) is 32.9 Å². The molecular weight excluding hydrogens is 214 g/mol. The lowest BCUT2D eigenvalue weighted by atomic mass is 9.82. The first-order valence-corrected chi connectivity index (χ1v) is 6.48. The number of carbonyl (C=O) groups is 1. The molecule has 4 nitrogen and oxygen atoms in total. The first-order chi connectivity index (χ1) is 8.09. The molecule has 0 saturated carbocycles. The van der Waals surface area contributed by atoms with Gasteiger partial charge in [-0.15, -0.1) is 0 Å². The Bertz CT molecular complexity index is 304. The van der Waals surface area contributed by atoms with Crippen molar-refractivity contribution in [3.05, 3.63) is 0 Å². The average Bonchev–Trinajstić information content (AvgIpc) is 2.57. The summed E-state index contributed by atoms with van der Waals surface area (Å²) in [4.78, 5) is 16.6. The quantitative estimate of drug-likeness (QED) is 0.747. The lowest BCUT2D eigenvalue weighted by Crippen LogP contribution is -2.44. The van der Waals surface area contributed by atoms with Gasteiger partial charge in [0, 0.05) is 19.6 Å². The lowest BCUT2D eigenvalue weighted by Gasteiger charge is -2.30. The van der Waals surface area contributed by atoms with Gasteiger partial charge in [0.25, 0.3) is 0 Å². The fourth-order valence-corrected chi connectivity index (χ4v) is 2.31. The Morgan fingerprint density at radius 3 is 2.41 bits per heavy atom. The summed E-state index contributed by atoms with van der Waals surface area (Å²) in [5, 5.41) is 9.29. The molecule has 0 N–H and O–H groups in total. The van der Waals surface area contributed by atoms with Crippen molar-refractivity contribution < 1.29 is 4.79 Å². The Labute approximate surface area is 104 Å². The molecule has 0 aromatic heterocycles. The maximum absolute atomic E-state index is 12.5. The second-order valence-corrected chi connectivity index (χ2v) is 4.85. The molecule has 1 saturated heterocycles. The van der Waals surface area contributed by atoms with Crippen molar-refractivity contribution in [2.45, 2.75) is 33.1 Å². The Hall–Kier alpha value is -1.08. The number of hydrogen-bond acceptors (Lipinski definition) is 3. The number of hydrogen-bond donors (Lipinski definition) is 0. The van der Waals surface area contributed by atoms with Crippen molar-refractivity contribution in [1.29, 1.82) is 5.26 Å². The molecule has 1 heterocycles. The van der Waals surface area contributed by atoms with E-state index in [0.717, 1.165) is 32.6 Å². The lowest BCUT2D eigenvalue weighted by molar-refractivity contribution is -0.139. The second-order valence-electron chi connectivity index (χ2n) is 4.85. The Balaban J connectivity index is 2.77. The van der Waals surface area contributed by atoms with Gasteiger partial charge in [0.05, 0.1) is 6.07 Å². The van der Waals surface area contributed by atoms with Gasteiger partial charge in [-0.2, -0.15) is 5.26 Å². The number of carbonyl (C=O) groups excluding carboxylic acids is 1. The van der Waals surface area contributed by atoms with Crippen LogP contribution in [0.5, 0.6) is 0 Å². The van der Waals surface area contributed by atoms with Crippen LogP contribution in [0.1, 0.15) is 33.1 Å². The fraction of sp³-hybridized carbons (Fsp3) is 0.846. The first kappa shape index (κ1) is 14.0. The van der Waals surface area contributed by atoms with E-state index < -0.39 is 5.41 Å². The average molecular weight is 237 g/mol. The van der Waals surface area contributed by atoms with Gasteiger partial charge < -0.3 is 9.80 Å². The van der Waals surface area contributed by atoms with Gasteiger partial charge in [-0.1, -0.05) is 13.8 Å². The van der Waals surface area contributed by atoms with E-state index in [1.54, 1.807) is 0 Å². The van der Waals surface area contributed by atoms with Crippen LogP contribution in [-0.2, 0) is 4.79 Å². The van der Waals surface area contributed by atoms with Crippen LogP contribution in [0.4, 0.5) is 0 Å². The van der Waals surface area contributed by atoms with Crippen LogP contribution < -0.4 is 0 Å². The summed E-state index contributed by atoms with van der Waals surface area (Å²) in [6.07, 6.45) is 2.20. The van der Waals surface area contributed by atoms with Crippen molar-refractivity contribution in [2.24, 2.45) is 5.41 Å². The molecule has 1 rings (SSSR count). The molecule has 1 aliphatic rings. The van der Waals surface area contributed by atoms with Crippen LogP contribution in [-0.4, -0.2) is 48.9 Å². The van der Waals surface area contributed by atoms with Gasteiger partial charge in [-0.3, -0.25) is 4.79 Å². The predicted molar refractivity (Wildman–Crippen MR) is 67.3 cm³/mol. The summed E-state index contributed by atoms with van der Waals surface area (Å²) in [5.74, 6) is 0.0281. The minimum atomic E-state index is -0.803. The minimum Gasteiger partial charge on any atom is -0.340 e. The Morgan fingerprint density at radius 1 is 1.24 bits per heavy atom. The van der Waals surface area contributed by atoms with Crippen molar-refractivity contribution in [3.8, 4) is 6.07 Å².